The number of carbonyl (C=O) groups excluding carboxylic acids is 2. The lowest BCUT2D eigenvalue weighted by molar-refractivity contribution is -0.122. The van der Waals surface area contributed by atoms with Gasteiger partial charge in [-0.05, 0) is 45.1 Å². The number of rotatable bonds is 2. The van der Waals surface area contributed by atoms with Crippen molar-refractivity contribution in [3.8, 4) is 0 Å². The van der Waals surface area contributed by atoms with E-state index in [1.165, 1.54) is 0 Å². The molecule has 21 heavy (non-hydrogen) atoms. The van der Waals surface area contributed by atoms with Crippen LogP contribution >= 0.6 is 0 Å². The number of amides is 1. The lowest BCUT2D eigenvalue weighted by Crippen LogP contribution is -2.49. The molecule has 1 aromatic rings. The molecule has 1 amide bonds. The largest absolute Gasteiger partial charge is 0.334 e. The maximum atomic E-state index is 12.9. The molecule has 0 radical (unpaired) electrons. The minimum atomic E-state index is 0.0301. The summed E-state index contributed by atoms with van der Waals surface area (Å²) in [6.07, 6.45) is 5.71. The van der Waals surface area contributed by atoms with Crippen LogP contribution in [0.25, 0.3) is 0 Å². The average molecular weight is 289 g/mol. The molecule has 2 fully saturated rings. The van der Waals surface area contributed by atoms with E-state index in [9.17, 15) is 9.59 Å². The number of hydrogen-bond acceptors (Lipinski definition) is 3. The van der Waals surface area contributed by atoms with Crippen molar-refractivity contribution in [2.24, 2.45) is 13.0 Å². The van der Waals surface area contributed by atoms with Crippen LogP contribution in [0.1, 0.15) is 54.7 Å². The lowest BCUT2D eigenvalue weighted by Gasteiger charge is -2.38. The first-order valence-electron chi connectivity index (χ1n) is 7.92. The topological polar surface area (TPSA) is 55.2 Å². The molecule has 5 nitrogen and oxygen atoms in total. The Morgan fingerprint density at radius 1 is 1.29 bits per heavy atom. The van der Waals surface area contributed by atoms with Crippen molar-refractivity contribution in [2.75, 3.05) is 6.54 Å². The zero-order valence-corrected chi connectivity index (χ0v) is 12.8. The molecule has 1 saturated heterocycles. The Morgan fingerprint density at radius 2 is 2.10 bits per heavy atom. The highest BCUT2D eigenvalue weighted by molar-refractivity contribution is 5.94. The Hall–Kier alpha value is -1.65. The highest BCUT2D eigenvalue weighted by Gasteiger charge is 2.39. The van der Waals surface area contributed by atoms with Crippen LogP contribution in [-0.4, -0.2) is 39.0 Å². The summed E-state index contributed by atoms with van der Waals surface area (Å²) in [4.78, 5) is 26.9. The van der Waals surface area contributed by atoms with E-state index in [4.69, 9.17) is 0 Å². The van der Waals surface area contributed by atoms with Crippen molar-refractivity contribution in [3.63, 3.8) is 0 Å². The van der Waals surface area contributed by atoms with Crippen molar-refractivity contribution >= 4 is 11.7 Å². The van der Waals surface area contributed by atoms with E-state index in [2.05, 4.69) is 5.10 Å². The minimum Gasteiger partial charge on any atom is -0.334 e. The first-order valence-corrected chi connectivity index (χ1v) is 7.92. The molecule has 2 aliphatic rings. The number of carbonyl (C=O) groups is 2. The van der Waals surface area contributed by atoms with Crippen LogP contribution in [0.3, 0.4) is 0 Å². The lowest BCUT2D eigenvalue weighted by atomic mass is 9.88. The second-order valence-corrected chi connectivity index (χ2v) is 6.32. The predicted molar refractivity (Wildman–Crippen MR) is 79.0 cm³/mol. The van der Waals surface area contributed by atoms with Crippen LogP contribution in [0.4, 0.5) is 0 Å². The Bertz CT molecular complexity index is 564. The van der Waals surface area contributed by atoms with Gasteiger partial charge in [0.25, 0.3) is 5.91 Å². The maximum absolute atomic E-state index is 12.9. The standard InChI is InChI=1S/C16H23N3O2/c1-11-10-14(18(2)17-11)16(21)19-9-4-3-7-13(19)12-6-5-8-15(12)20/h10,12-13H,3-9H2,1-2H3. The van der Waals surface area contributed by atoms with Gasteiger partial charge in [-0.2, -0.15) is 5.10 Å². The number of aryl methyl sites for hydroxylation is 2. The van der Waals surface area contributed by atoms with Crippen molar-refractivity contribution < 1.29 is 9.59 Å². The van der Waals surface area contributed by atoms with Crippen LogP contribution in [-0.2, 0) is 11.8 Å². The molecule has 2 atom stereocenters. The van der Waals surface area contributed by atoms with Crippen molar-refractivity contribution in [1.82, 2.24) is 14.7 Å². The first-order chi connectivity index (χ1) is 10.1. The van der Waals surface area contributed by atoms with Crippen LogP contribution in [0.15, 0.2) is 6.07 Å². The van der Waals surface area contributed by atoms with Gasteiger partial charge in [0, 0.05) is 32.0 Å². The van der Waals surface area contributed by atoms with Gasteiger partial charge in [0.2, 0.25) is 0 Å². The summed E-state index contributed by atoms with van der Waals surface area (Å²) >= 11 is 0. The summed E-state index contributed by atoms with van der Waals surface area (Å²) in [5, 5.41) is 4.27. The third-order valence-corrected chi connectivity index (χ3v) is 4.85. The zero-order valence-electron chi connectivity index (χ0n) is 12.8. The number of aromatic nitrogens is 2. The van der Waals surface area contributed by atoms with Crippen LogP contribution < -0.4 is 0 Å². The molecule has 1 saturated carbocycles. The normalized spacial score (nSPS) is 26.4. The second kappa shape index (κ2) is 5.62. The van der Waals surface area contributed by atoms with Gasteiger partial charge in [0.05, 0.1) is 5.69 Å². The van der Waals surface area contributed by atoms with Gasteiger partial charge in [-0.1, -0.05) is 0 Å². The Labute approximate surface area is 125 Å². The number of ketones is 1. The van der Waals surface area contributed by atoms with E-state index in [0.717, 1.165) is 44.3 Å². The first kappa shape index (κ1) is 14.3. The number of hydrogen-bond donors (Lipinski definition) is 0. The third kappa shape index (κ3) is 2.61. The average Bonchev–Trinajstić information content (AvgIpc) is 3.03. The van der Waals surface area contributed by atoms with E-state index in [0.29, 0.717) is 17.9 Å². The molecule has 0 aromatic carbocycles. The van der Waals surface area contributed by atoms with Gasteiger partial charge in [-0.25, -0.2) is 0 Å². The van der Waals surface area contributed by atoms with E-state index < -0.39 is 0 Å². The highest BCUT2D eigenvalue weighted by atomic mass is 16.2. The highest BCUT2D eigenvalue weighted by Crippen LogP contribution is 2.33. The summed E-state index contributed by atoms with van der Waals surface area (Å²) in [5.74, 6) is 0.437. The molecular weight excluding hydrogens is 266 g/mol. The van der Waals surface area contributed by atoms with E-state index >= 15 is 0 Å². The number of Topliss-reactive ketones (excluding diaryl/α,β-unsaturated/α-hetero) is 1. The fraction of sp³-hybridized carbons (Fsp3) is 0.688. The van der Waals surface area contributed by atoms with Gasteiger partial charge in [-0.15, -0.1) is 0 Å². The van der Waals surface area contributed by atoms with E-state index in [1.54, 1.807) is 11.7 Å². The Balaban J connectivity index is 1.85. The van der Waals surface area contributed by atoms with Gasteiger partial charge < -0.3 is 4.90 Å². The van der Waals surface area contributed by atoms with Gasteiger partial charge >= 0.3 is 0 Å². The van der Waals surface area contributed by atoms with Crippen molar-refractivity contribution in [3.05, 3.63) is 17.5 Å². The molecule has 2 unspecified atom stereocenters. The summed E-state index contributed by atoms with van der Waals surface area (Å²) in [6.45, 7) is 2.66. The number of nitrogens with zero attached hydrogens (tertiary/aromatic N) is 3. The fourth-order valence-electron chi connectivity index (χ4n) is 3.84. The fourth-order valence-corrected chi connectivity index (χ4v) is 3.84. The zero-order chi connectivity index (χ0) is 15.0. The molecule has 0 N–H and O–H groups in total. The molecule has 114 valence electrons. The summed E-state index contributed by atoms with van der Waals surface area (Å²) in [7, 11) is 1.81. The quantitative estimate of drug-likeness (QED) is 0.837. The van der Waals surface area contributed by atoms with Crippen LogP contribution in [0, 0.1) is 12.8 Å². The molecule has 2 heterocycles. The summed E-state index contributed by atoms with van der Waals surface area (Å²) in [6, 6.07) is 1.93. The molecule has 1 aromatic heterocycles. The van der Waals surface area contributed by atoms with Gasteiger partial charge in [0.1, 0.15) is 11.5 Å². The van der Waals surface area contributed by atoms with Crippen molar-refractivity contribution in [1.29, 1.82) is 0 Å². The molecular formula is C16H23N3O2. The Kier molecular flexibility index (Phi) is 3.83. The number of likely N-dealkylation sites (tertiary alicyclic amines) is 1. The van der Waals surface area contributed by atoms with Gasteiger partial charge in [0.15, 0.2) is 0 Å². The third-order valence-electron chi connectivity index (χ3n) is 4.85. The minimum absolute atomic E-state index is 0.0301. The smallest absolute Gasteiger partial charge is 0.272 e. The Morgan fingerprint density at radius 3 is 2.71 bits per heavy atom. The molecule has 1 aliphatic heterocycles. The molecule has 3 rings (SSSR count). The molecule has 5 heteroatoms. The second-order valence-electron chi connectivity index (χ2n) is 6.32. The monoisotopic (exact) mass is 289 g/mol. The molecule has 0 spiro atoms. The van der Waals surface area contributed by atoms with E-state index in [1.807, 2.05) is 17.9 Å². The van der Waals surface area contributed by atoms with Crippen molar-refractivity contribution in [2.45, 2.75) is 51.5 Å². The summed E-state index contributed by atoms with van der Waals surface area (Å²) in [5.41, 5.74) is 1.48. The maximum Gasteiger partial charge on any atom is 0.272 e. The number of piperidine rings is 1. The summed E-state index contributed by atoms with van der Waals surface area (Å²) < 4.78 is 1.65. The van der Waals surface area contributed by atoms with Crippen LogP contribution in [0.2, 0.25) is 0 Å². The molecule has 1 aliphatic carbocycles. The van der Waals surface area contributed by atoms with Gasteiger partial charge in [-0.3, -0.25) is 14.3 Å². The predicted octanol–water partition coefficient (Wildman–Crippen LogP) is 2.09. The van der Waals surface area contributed by atoms with E-state index in [-0.39, 0.29) is 17.9 Å². The molecule has 0 bridgehead atoms. The SMILES string of the molecule is Cc1cc(C(=O)N2CCCCC2C2CCCC2=O)n(C)n1. The van der Waals surface area contributed by atoms with Crippen LogP contribution in [0.5, 0.6) is 0 Å².